The Morgan fingerprint density at radius 3 is 3.27 bits per heavy atom. The second-order valence-corrected chi connectivity index (χ2v) is 1.94. The molecule has 0 bridgehead atoms. The summed E-state index contributed by atoms with van der Waals surface area (Å²) in [6.07, 6.45) is 2.50. The number of hydrogen-bond donors (Lipinski definition) is 1. The molecule has 2 rings (SSSR count). The molecule has 6 heteroatoms. The molecule has 1 amide bonds. The van der Waals surface area contributed by atoms with Crippen molar-refractivity contribution < 1.29 is 9.21 Å². The van der Waals surface area contributed by atoms with Crippen molar-refractivity contribution in [3.05, 3.63) is 18.3 Å². The van der Waals surface area contributed by atoms with E-state index in [1.165, 1.54) is 17.1 Å². The minimum Gasteiger partial charge on any atom is -0.410 e. The highest BCUT2D eigenvalue weighted by Crippen LogP contribution is 2.02. The SMILES string of the molecule is NC(=O)c1cnc2ocnn12. The number of hydrogen-bond acceptors (Lipinski definition) is 4. The van der Waals surface area contributed by atoms with Crippen LogP contribution in [-0.4, -0.2) is 20.5 Å². The predicted molar refractivity (Wildman–Crippen MR) is 33.8 cm³/mol. The van der Waals surface area contributed by atoms with E-state index in [1.54, 1.807) is 0 Å². The topological polar surface area (TPSA) is 86.4 Å². The van der Waals surface area contributed by atoms with Gasteiger partial charge >= 0.3 is 5.84 Å². The zero-order chi connectivity index (χ0) is 7.84. The summed E-state index contributed by atoms with van der Waals surface area (Å²) in [4.78, 5) is 14.4. The van der Waals surface area contributed by atoms with Gasteiger partial charge < -0.3 is 10.2 Å². The van der Waals surface area contributed by atoms with Crippen LogP contribution in [0.25, 0.3) is 5.84 Å². The molecule has 2 aromatic heterocycles. The van der Waals surface area contributed by atoms with Crippen LogP contribution in [0.15, 0.2) is 17.0 Å². The molecule has 0 aliphatic carbocycles. The third-order valence-corrected chi connectivity index (χ3v) is 1.28. The van der Waals surface area contributed by atoms with E-state index in [9.17, 15) is 4.79 Å². The number of primary amides is 1. The van der Waals surface area contributed by atoms with Crippen molar-refractivity contribution >= 4 is 11.8 Å². The van der Waals surface area contributed by atoms with E-state index in [-0.39, 0.29) is 11.5 Å². The van der Waals surface area contributed by atoms with E-state index < -0.39 is 5.91 Å². The number of fused-ring (bicyclic) bond motifs is 1. The lowest BCUT2D eigenvalue weighted by molar-refractivity contribution is 0.0993. The molecule has 56 valence electrons. The highest BCUT2D eigenvalue weighted by molar-refractivity contribution is 5.91. The monoisotopic (exact) mass is 152 g/mol. The Morgan fingerprint density at radius 1 is 1.73 bits per heavy atom. The summed E-state index contributed by atoms with van der Waals surface area (Å²) >= 11 is 0. The molecular weight excluding hydrogens is 148 g/mol. The van der Waals surface area contributed by atoms with Crippen molar-refractivity contribution in [1.82, 2.24) is 14.6 Å². The highest BCUT2D eigenvalue weighted by atomic mass is 16.4. The molecule has 11 heavy (non-hydrogen) atoms. The summed E-state index contributed by atoms with van der Waals surface area (Å²) < 4.78 is 6.02. The van der Waals surface area contributed by atoms with Crippen molar-refractivity contribution in [1.29, 1.82) is 0 Å². The second-order valence-electron chi connectivity index (χ2n) is 1.94. The van der Waals surface area contributed by atoms with E-state index >= 15 is 0 Å². The molecule has 2 heterocycles. The number of carbonyl (C=O) groups is 1. The van der Waals surface area contributed by atoms with Crippen LogP contribution in [0.4, 0.5) is 0 Å². The first kappa shape index (κ1) is 5.90. The first-order chi connectivity index (χ1) is 5.29. The maximum Gasteiger partial charge on any atom is 0.324 e. The fraction of sp³-hybridized carbons (Fsp3) is 0. The zero-order valence-corrected chi connectivity index (χ0v) is 5.39. The Bertz CT molecular complexity index is 401. The fourth-order valence-corrected chi connectivity index (χ4v) is 0.807. The van der Waals surface area contributed by atoms with Gasteiger partial charge in [0.05, 0.1) is 6.20 Å². The Balaban J connectivity index is 2.78. The molecular formula is C5H4N4O2. The minimum atomic E-state index is -0.577. The summed E-state index contributed by atoms with van der Waals surface area (Å²) in [6.45, 7) is 0. The molecule has 0 aliphatic rings. The van der Waals surface area contributed by atoms with Crippen molar-refractivity contribution in [2.45, 2.75) is 0 Å². The largest absolute Gasteiger partial charge is 0.410 e. The Morgan fingerprint density at radius 2 is 2.55 bits per heavy atom. The molecule has 0 radical (unpaired) electrons. The van der Waals surface area contributed by atoms with Gasteiger partial charge in [-0.3, -0.25) is 4.79 Å². The van der Waals surface area contributed by atoms with Crippen molar-refractivity contribution in [2.75, 3.05) is 0 Å². The standard InChI is InChI=1S/C5H4N4O2/c6-4(10)3-1-7-5-9(3)8-2-11-5/h1-2H,(H2,6,10). The number of rotatable bonds is 1. The van der Waals surface area contributed by atoms with Crippen molar-refractivity contribution in [2.24, 2.45) is 5.73 Å². The summed E-state index contributed by atoms with van der Waals surface area (Å²) in [5, 5.41) is 3.69. The molecule has 6 nitrogen and oxygen atoms in total. The number of aromatic nitrogens is 3. The van der Waals surface area contributed by atoms with E-state index in [1.807, 2.05) is 0 Å². The molecule has 0 aliphatic heterocycles. The summed E-state index contributed by atoms with van der Waals surface area (Å²) in [7, 11) is 0. The van der Waals surface area contributed by atoms with Crippen LogP contribution in [0.5, 0.6) is 0 Å². The number of carbonyl (C=O) groups excluding carboxylic acids is 1. The third kappa shape index (κ3) is 0.689. The van der Waals surface area contributed by atoms with Gasteiger partial charge in [0.1, 0.15) is 0 Å². The molecule has 2 N–H and O–H groups in total. The van der Waals surface area contributed by atoms with Gasteiger partial charge in [0.25, 0.3) is 5.91 Å². The molecule has 0 fully saturated rings. The van der Waals surface area contributed by atoms with Gasteiger partial charge in [-0.25, -0.2) is 4.98 Å². The second kappa shape index (κ2) is 1.82. The maximum absolute atomic E-state index is 10.7. The Hall–Kier alpha value is -1.85. The van der Waals surface area contributed by atoms with Crippen LogP contribution >= 0.6 is 0 Å². The zero-order valence-electron chi connectivity index (χ0n) is 5.39. The van der Waals surface area contributed by atoms with Gasteiger partial charge in [-0.1, -0.05) is 0 Å². The van der Waals surface area contributed by atoms with Crippen LogP contribution in [-0.2, 0) is 0 Å². The molecule has 0 aromatic carbocycles. The van der Waals surface area contributed by atoms with Crippen LogP contribution in [0, 0.1) is 0 Å². The fourth-order valence-electron chi connectivity index (χ4n) is 0.807. The lowest BCUT2D eigenvalue weighted by Crippen LogP contribution is -2.13. The Labute approximate surface area is 60.6 Å². The van der Waals surface area contributed by atoms with Gasteiger partial charge in [-0.15, -0.1) is 5.10 Å². The maximum atomic E-state index is 10.7. The van der Waals surface area contributed by atoms with Crippen LogP contribution in [0.3, 0.4) is 0 Å². The lowest BCUT2D eigenvalue weighted by atomic mass is 10.5. The molecule has 0 atom stereocenters. The van der Waals surface area contributed by atoms with E-state index in [0.717, 1.165) is 0 Å². The predicted octanol–water partition coefficient (Wildman–Crippen LogP) is -0.579. The lowest BCUT2D eigenvalue weighted by Gasteiger charge is -1.85. The summed E-state index contributed by atoms with van der Waals surface area (Å²) in [6, 6.07) is 0. The van der Waals surface area contributed by atoms with Crippen LogP contribution < -0.4 is 5.73 Å². The number of imidazole rings is 1. The van der Waals surface area contributed by atoms with Gasteiger partial charge in [0.2, 0.25) is 6.39 Å². The van der Waals surface area contributed by atoms with Gasteiger partial charge in [0, 0.05) is 0 Å². The highest BCUT2D eigenvalue weighted by Gasteiger charge is 2.10. The Kier molecular flexibility index (Phi) is 0.974. The van der Waals surface area contributed by atoms with E-state index in [0.29, 0.717) is 0 Å². The normalized spacial score (nSPS) is 10.5. The molecule has 0 spiro atoms. The van der Waals surface area contributed by atoms with Crippen molar-refractivity contribution in [3.8, 4) is 0 Å². The van der Waals surface area contributed by atoms with Gasteiger partial charge in [-0.2, -0.15) is 4.52 Å². The third-order valence-electron chi connectivity index (χ3n) is 1.28. The van der Waals surface area contributed by atoms with Gasteiger partial charge in [-0.05, 0) is 0 Å². The van der Waals surface area contributed by atoms with Crippen molar-refractivity contribution in [3.63, 3.8) is 0 Å². The first-order valence-electron chi connectivity index (χ1n) is 2.86. The number of nitrogens with two attached hydrogens (primary N) is 1. The van der Waals surface area contributed by atoms with E-state index in [2.05, 4.69) is 10.1 Å². The first-order valence-corrected chi connectivity index (χ1v) is 2.86. The average molecular weight is 152 g/mol. The summed E-state index contributed by atoms with van der Waals surface area (Å²) in [5.74, 6) is -0.315. The molecule has 2 aromatic rings. The average Bonchev–Trinajstić information content (AvgIpc) is 2.41. The summed E-state index contributed by atoms with van der Waals surface area (Å²) in [5.41, 5.74) is 5.22. The minimum absolute atomic E-state index is 0.216. The number of amides is 1. The number of nitrogens with zero attached hydrogens (tertiary/aromatic N) is 3. The van der Waals surface area contributed by atoms with Crippen LogP contribution in [0.1, 0.15) is 10.5 Å². The quantitative estimate of drug-likeness (QED) is 0.592. The van der Waals surface area contributed by atoms with E-state index in [4.69, 9.17) is 10.2 Å². The molecule has 0 unspecified atom stereocenters. The molecule has 0 saturated heterocycles. The van der Waals surface area contributed by atoms with Crippen LogP contribution in [0.2, 0.25) is 0 Å². The smallest absolute Gasteiger partial charge is 0.324 e. The van der Waals surface area contributed by atoms with Gasteiger partial charge in [0.15, 0.2) is 5.69 Å². The molecule has 0 saturated carbocycles.